The topological polar surface area (TPSA) is 24.4 Å². The third-order valence-electron chi connectivity index (χ3n) is 2.43. The molecule has 3 heteroatoms. The van der Waals surface area contributed by atoms with Crippen molar-refractivity contribution < 1.29 is 4.39 Å². The lowest BCUT2D eigenvalue weighted by atomic mass is 10.1. The number of aliphatic imine (C=N–C) groups is 1. The van der Waals surface area contributed by atoms with Crippen LogP contribution in [0.25, 0.3) is 0 Å². The lowest BCUT2D eigenvalue weighted by Crippen LogP contribution is -2.29. The van der Waals surface area contributed by atoms with Crippen molar-refractivity contribution in [1.82, 2.24) is 5.32 Å². The van der Waals surface area contributed by atoms with Crippen LogP contribution in [0.15, 0.2) is 23.2 Å². The summed E-state index contributed by atoms with van der Waals surface area (Å²) in [6.45, 7) is 4.98. The number of fused-ring (bicyclic) bond motifs is 1. The second kappa shape index (κ2) is 4.11. The van der Waals surface area contributed by atoms with Crippen LogP contribution in [0.1, 0.15) is 19.4 Å². The molecule has 1 heterocycles. The second-order valence-corrected chi connectivity index (χ2v) is 4.16. The zero-order valence-electron chi connectivity index (χ0n) is 9.05. The van der Waals surface area contributed by atoms with Gasteiger partial charge in [0.05, 0.1) is 5.69 Å². The van der Waals surface area contributed by atoms with Gasteiger partial charge in [-0.25, -0.2) is 4.39 Å². The summed E-state index contributed by atoms with van der Waals surface area (Å²) in [7, 11) is 0. The average Bonchev–Trinajstić information content (AvgIpc) is 2.56. The lowest BCUT2D eigenvalue weighted by molar-refractivity contribution is 0.628. The monoisotopic (exact) mass is 206 g/mol. The summed E-state index contributed by atoms with van der Waals surface area (Å²) in [5, 5.41) is 3.31. The second-order valence-electron chi connectivity index (χ2n) is 4.16. The van der Waals surface area contributed by atoms with Crippen LogP contribution in [0.3, 0.4) is 0 Å². The molecule has 0 aromatic heterocycles. The van der Waals surface area contributed by atoms with Crippen molar-refractivity contribution in [3.05, 3.63) is 29.6 Å². The van der Waals surface area contributed by atoms with E-state index in [1.807, 2.05) is 6.07 Å². The summed E-state index contributed by atoms with van der Waals surface area (Å²) in [6, 6.07) is 5.26. The van der Waals surface area contributed by atoms with E-state index in [1.54, 1.807) is 0 Å². The Morgan fingerprint density at radius 2 is 2.27 bits per heavy atom. The Morgan fingerprint density at radius 3 is 3.00 bits per heavy atom. The first-order chi connectivity index (χ1) is 7.15. The minimum absolute atomic E-state index is 0.212. The molecule has 0 fully saturated rings. The van der Waals surface area contributed by atoms with Crippen molar-refractivity contribution in [1.29, 1.82) is 0 Å². The fourth-order valence-corrected chi connectivity index (χ4v) is 1.64. The van der Waals surface area contributed by atoms with Gasteiger partial charge in [-0.15, -0.1) is 0 Å². The van der Waals surface area contributed by atoms with Gasteiger partial charge >= 0.3 is 0 Å². The molecule has 0 atom stereocenters. The van der Waals surface area contributed by atoms with Crippen molar-refractivity contribution in [2.45, 2.75) is 26.3 Å². The molecule has 0 amide bonds. The van der Waals surface area contributed by atoms with Crippen molar-refractivity contribution in [2.75, 3.05) is 6.54 Å². The molecule has 0 radical (unpaired) electrons. The largest absolute Gasteiger partial charge is 0.309 e. The molecule has 0 aliphatic carbocycles. The first-order valence-corrected chi connectivity index (χ1v) is 5.23. The van der Waals surface area contributed by atoms with Crippen LogP contribution in [0, 0.1) is 5.82 Å². The van der Waals surface area contributed by atoms with Crippen molar-refractivity contribution in [2.24, 2.45) is 4.99 Å². The number of nitrogens with one attached hydrogen (secondary N) is 1. The number of hydrogen-bond donors (Lipinski definition) is 1. The number of halogens is 1. The quantitative estimate of drug-likeness (QED) is 0.807. The van der Waals surface area contributed by atoms with Crippen LogP contribution < -0.4 is 5.32 Å². The summed E-state index contributed by atoms with van der Waals surface area (Å²) >= 11 is 0. The Labute approximate surface area is 89.2 Å². The summed E-state index contributed by atoms with van der Waals surface area (Å²) < 4.78 is 12.9. The average molecular weight is 206 g/mol. The van der Waals surface area contributed by atoms with E-state index in [1.165, 1.54) is 12.1 Å². The van der Waals surface area contributed by atoms with Gasteiger partial charge in [0.25, 0.3) is 0 Å². The van der Waals surface area contributed by atoms with Gasteiger partial charge in [-0.3, -0.25) is 4.99 Å². The molecule has 1 aromatic carbocycles. The van der Waals surface area contributed by atoms with Gasteiger partial charge in [-0.1, -0.05) is 19.9 Å². The Balaban J connectivity index is 2.07. The fourth-order valence-electron chi connectivity index (χ4n) is 1.64. The van der Waals surface area contributed by atoms with Gasteiger partial charge in [0.2, 0.25) is 0 Å². The molecule has 1 aromatic rings. The highest BCUT2D eigenvalue weighted by Crippen LogP contribution is 2.26. The maximum atomic E-state index is 12.9. The molecule has 2 rings (SSSR count). The van der Waals surface area contributed by atoms with Crippen LogP contribution in [0.2, 0.25) is 0 Å². The van der Waals surface area contributed by atoms with E-state index < -0.39 is 0 Å². The van der Waals surface area contributed by atoms with Crippen LogP contribution >= 0.6 is 0 Å². The van der Waals surface area contributed by atoms with Gasteiger partial charge in [-0.05, 0) is 17.7 Å². The van der Waals surface area contributed by atoms with Crippen LogP contribution in [-0.4, -0.2) is 18.3 Å². The first-order valence-electron chi connectivity index (χ1n) is 5.23. The van der Waals surface area contributed by atoms with Gasteiger partial charge < -0.3 is 5.32 Å². The molecule has 0 bridgehead atoms. The minimum Gasteiger partial charge on any atom is -0.309 e. The molecule has 1 aliphatic heterocycles. The van der Waals surface area contributed by atoms with E-state index in [9.17, 15) is 4.39 Å². The minimum atomic E-state index is -0.212. The molecule has 80 valence electrons. The number of hydrogen-bond acceptors (Lipinski definition) is 2. The van der Waals surface area contributed by atoms with Crippen LogP contribution in [-0.2, 0) is 6.42 Å². The third-order valence-corrected chi connectivity index (χ3v) is 2.43. The maximum Gasteiger partial charge on any atom is 0.125 e. The first kappa shape index (κ1) is 10.3. The zero-order chi connectivity index (χ0) is 10.8. The van der Waals surface area contributed by atoms with Crippen LogP contribution in [0.4, 0.5) is 10.1 Å². The molecule has 1 N–H and O–H groups in total. The Kier molecular flexibility index (Phi) is 2.82. The molecular weight excluding hydrogens is 191 g/mol. The van der Waals surface area contributed by atoms with E-state index in [4.69, 9.17) is 0 Å². The summed E-state index contributed by atoms with van der Waals surface area (Å²) in [5.74, 6) is -0.212. The van der Waals surface area contributed by atoms with Gasteiger partial charge in [-0.2, -0.15) is 0 Å². The van der Waals surface area contributed by atoms with E-state index in [2.05, 4.69) is 24.2 Å². The van der Waals surface area contributed by atoms with Crippen molar-refractivity contribution in [3.8, 4) is 0 Å². The molecule has 0 spiro atoms. The highest BCUT2D eigenvalue weighted by molar-refractivity contribution is 5.95. The number of rotatable bonds is 3. The summed E-state index contributed by atoms with van der Waals surface area (Å²) in [5.41, 5.74) is 3.00. The molecule has 0 saturated carbocycles. The lowest BCUT2D eigenvalue weighted by Gasteiger charge is -2.06. The van der Waals surface area contributed by atoms with E-state index in [-0.39, 0.29) is 5.82 Å². The Morgan fingerprint density at radius 1 is 1.47 bits per heavy atom. The maximum absolute atomic E-state index is 12.9. The number of benzene rings is 1. The van der Waals surface area contributed by atoms with Gasteiger partial charge in [0.1, 0.15) is 5.82 Å². The van der Waals surface area contributed by atoms with Gasteiger partial charge in [0.15, 0.2) is 0 Å². The number of nitrogens with zero attached hydrogens (tertiary/aromatic N) is 1. The SMILES string of the molecule is CC(C)NCC1=Nc2cc(F)ccc2C1. The van der Waals surface area contributed by atoms with Crippen molar-refractivity contribution in [3.63, 3.8) is 0 Å². The van der Waals surface area contributed by atoms with E-state index >= 15 is 0 Å². The third kappa shape index (κ3) is 2.42. The molecule has 15 heavy (non-hydrogen) atoms. The van der Waals surface area contributed by atoms with E-state index in [0.717, 1.165) is 29.9 Å². The molecular formula is C12H15FN2. The fraction of sp³-hybridized carbons (Fsp3) is 0.417. The molecule has 1 aliphatic rings. The molecule has 0 saturated heterocycles. The van der Waals surface area contributed by atoms with Crippen molar-refractivity contribution >= 4 is 11.4 Å². The highest BCUT2D eigenvalue weighted by Gasteiger charge is 2.14. The summed E-state index contributed by atoms with van der Waals surface area (Å²) in [6.07, 6.45) is 0.843. The predicted molar refractivity (Wildman–Crippen MR) is 60.3 cm³/mol. The molecule has 2 nitrogen and oxygen atoms in total. The molecule has 0 unspecified atom stereocenters. The van der Waals surface area contributed by atoms with Gasteiger partial charge in [0, 0.05) is 24.7 Å². The smallest absolute Gasteiger partial charge is 0.125 e. The summed E-state index contributed by atoms with van der Waals surface area (Å²) in [4.78, 5) is 4.40. The Hall–Kier alpha value is -1.22. The van der Waals surface area contributed by atoms with E-state index in [0.29, 0.717) is 6.04 Å². The standard InChI is InChI=1S/C12H15FN2/c1-8(2)14-7-11-5-9-3-4-10(13)6-12(9)15-11/h3-4,6,8,14H,5,7H2,1-2H3. The zero-order valence-corrected chi connectivity index (χ0v) is 9.05. The predicted octanol–water partition coefficient (Wildman–Crippen LogP) is 2.45. The van der Waals surface area contributed by atoms with Crippen LogP contribution in [0.5, 0.6) is 0 Å². The normalized spacial score (nSPS) is 14.3. The Bertz CT molecular complexity index is 397. The highest BCUT2D eigenvalue weighted by atomic mass is 19.1.